The first-order valence-corrected chi connectivity index (χ1v) is 12.8. The van der Waals surface area contributed by atoms with Crippen LogP contribution >= 0.6 is 11.3 Å². The van der Waals surface area contributed by atoms with Gasteiger partial charge in [0.15, 0.2) is 0 Å². The van der Waals surface area contributed by atoms with E-state index in [1.54, 1.807) is 23.1 Å². The summed E-state index contributed by atoms with van der Waals surface area (Å²) in [7, 11) is 3.52. The van der Waals surface area contributed by atoms with E-state index in [4.69, 9.17) is 9.72 Å². The van der Waals surface area contributed by atoms with Crippen LogP contribution in [-0.2, 0) is 18.9 Å². The van der Waals surface area contributed by atoms with Gasteiger partial charge in [0.25, 0.3) is 5.91 Å². The summed E-state index contributed by atoms with van der Waals surface area (Å²) in [6, 6.07) is 3.77. The van der Waals surface area contributed by atoms with E-state index in [0.29, 0.717) is 24.4 Å². The number of amides is 1. The summed E-state index contributed by atoms with van der Waals surface area (Å²) in [4.78, 5) is 21.4. The first kappa shape index (κ1) is 23.3. The number of aliphatic hydroxyl groups is 1. The Labute approximate surface area is 204 Å². The predicted octanol–water partition coefficient (Wildman–Crippen LogP) is 4.55. The molecule has 0 bridgehead atoms. The van der Waals surface area contributed by atoms with Crippen molar-refractivity contribution in [1.29, 1.82) is 0 Å². The van der Waals surface area contributed by atoms with Crippen molar-refractivity contribution < 1.29 is 14.6 Å². The van der Waals surface area contributed by atoms with Crippen LogP contribution in [0.1, 0.15) is 77.8 Å². The normalized spacial score (nSPS) is 20.1. The third-order valence-corrected chi connectivity index (χ3v) is 9.01. The molecular formula is C26H34N4O3S. The van der Waals surface area contributed by atoms with Gasteiger partial charge in [-0.2, -0.15) is 5.10 Å². The highest BCUT2D eigenvalue weighted by atomic mass is 32.1. The van der Waals surface area contributed by atoms with Gasteiger partial charge in [-0.1, -0.05) is 20.8 Å². The molecule has 1 fully saturated rings. The monoisotopic (exact) mass is 482 g/mol. The summed E-state index contributed by atoms with van der Waals surface area (Å²) >= 11 is 1.75. The van der Waals surface area contributed by atoms with Gasteiger partial charge in [-0.3, -0.25) is 9.48 Å². The van der Waals surface area contributed by atoms with Crippen molar-refractivity contribution >= 4 is 28.1 Å². The van der Waals surface area contributed by atoms with Gasteiger partial charge >= 0.3 is 0 Å². The van der Waals surface area contributed by atoms with Gasteiger partial charge < -0.3 is 14.7 Å². The fraction of sp³-hybridized carbons (Fsp3) is 0.577. The van der Waals surface area contributed by atoms with E-state index in [2.05, 4.69) is 25.9 Å². The zero-order valence-electron chi connectivity index (χ0n) is 20.9. The van der Waals surface area contributed by atoms with Crippen molar-refractivity contribution in [2.24, 2.45) is 12.5 Å². The van der Waals surface area contributed by atoms with Crippen molar-refractivity contribution in [3.8, 4) is 5.75 Å². The Kier molecular flexibility index (Phi) is 5.52. The van der Waals surface area contributed by atoms with Crippen LogP contribution in [0.15, 0.2) is 12.1 Å². The maximum absolute atomic E-state index is 13.5. The van der Waals surface area contributed by atoms with E-state index in [9.17, 15) is 9.90 Å². The molecule has 3 aromatic rings. The van der Waals surface area contributed by atoms with Crippen molar-refractivity contribution in [2.75, 3.05) is 20.2 Å². The van der Waals surface area contributed by atoms with Crippen LogP contribution in [0.2, 0.25) is 0 Å². The number of hydrogen-bond acceptors (Lipinski definition) is 6. The second-order valence-corrected chi connectivity index (χ2v) is 12.1. The number of carbonyl (C=O) groups is 1. The molecule has 1 saturated heterocycles. The number of nitrogens with zero attached hydrogens (tertiary/aromatic N) is 4. The van der Waals surface area contributed by atoms with Crippen LogP contribution in [0.4, 0.5) is 0 Å². The zero-order valence-corrected chi connectivity index (χ0v) is 21.8. The first-order chi connectivity index (χ1) is 16.0. The highest BCUT2D eigenvalue weighted by Gasteiger charge is 2.44. The second kappa shape index (κ2) is 8.05. The molecule has 1 unspecified atom stereocenters. The summed E-state index contributed by atoms with van der Waals surface area (Å²) in [6.07, 6.45) is 2.94. The van der Waals surface area contributed by atoms with Gasteiger partial charge in [0.1, 0.15) is 11.3 Å². The Morgan fingerprint density at radius 3 is 2.62 bits per heavy atom. The first-order valence-electron chi connectivity index (χ1n) is 12.0. The Hall–Kier alpha value is -2.45. The number of ether oxygens (including phenoxy) is 1. The SMILES string of the molecule is COc1cc(C(=O)N2CCC3(CC2)Cc2sc(C(C)(C)C)nc2C(O)C3)cc2c(C)nn(C)c12. The second-order valence-electron chi connectivity index (χ2n) is 11.1. The van der Waals surface area contributed by atoms with Gasteiger partial charge in [-0.25, -0.2) is 4.98 Å². The van der Waals surface area contributed by atoms with Crippen LogP contribution in [0, 0.1) is 12.3 Å². The molecule has 1 aliphatic carbocycles. The molecule has 0 radical (unpaired) electrons. The maximum Gasteiger partial charge on any atom is 0.254 e. The lowest BCUT2D eigenvalue weighted by molar-refractivity contribution is 0.0255. The number of benzene rings is 1. The average molecular weight is 483 g/mol. The number of rotatable bonds is 2. The summed E-state index contributed by atoms with van der Waals surface area (Å²) in [6.45, 7) is 9.85. The zero-order chi connectivity index (χ0) is 24.4. The lowest BCUT2D eigenvalue weighted by Crippen LogP contribution is -2.45. The molecule has 2 aliphatic rings. The number of fused-ring (bicyclic) bond motifs is 2. The number of carbonyl (C=O) groups excluding carboxylic acids is 1. The fourth-order valence-electron chi connectivity index (χ4n) is 5.56. The van der Waals surface area contributed by atoms with E-state index in [1.165, 1.54) is 4.88 Å². The van der Waals surface area contributed by atoms with Crippen LogP contribution in [-0.4, -0.2) is 50.9 Å². The lowest BCUT2D eigenvalue weighted by atomic mass is 9.68. The fourth-order valence-corrected chi connectivity index (χ4v) is 6.91. The van der Waals surface area contributed by atoms with Crippen molar-refractivity contribution in [1.82, 2.24) is 19.7 Å². The van der Waals surface area contributed by atoms with Crippen molar-refractivity contribution in [2.45, 2.75) is 64.9 Å². The Bertz CT molecular complexity index is 1260. The van der Waals surface area contributed by atoms with Crippen LogP contribution in [0.3, 0.4) is 0 Å². The topological polar surface area (TPSA) is 80.5 Å². The highest BCUT2D eigenvalue weighted by molar-refractivity contribution is 7.11. The molecule has 1 atom stereocenters. The number of piperidine rings is 1. The van der Waals surface area contributed by atoms with Gasteiger partial charge in [-0.15, -0.1) is 11.3 Å². The Balaban J connectivity index is 1.35. The highest BCUT2D eigenvalue weighted by Crippen LogP contribution is 2.50. The van der Waals surface area contributed by atoms with Gasteiger partial charge in [0.05, 0.1) is 29.6 Å². The molecule has 1 amide bonds. The summed E-state index contributed by atoms with van der Waals surface area (Å²) in [5, 5.41) is 17.5. The number of thiazole rings is 1. The largest absolute Gasteiger partial charge is 0.494 e. The third kappa shape index (κ3) is 3.81. The molecule has 34 heavy (non-hydrogen) atoms. The maximum atomic E-state index is 13.5. The number of aromatic nitrogens is 3. The quantitative estimate of drug-likeness (QED) is 0.580. The molecule has 3 heterocycles. The number of methoxy groups -OCH3 is 1. The van der Waals surface area contributed by atoms with E-state index in [-0.39, 0.29) is 16.7 Å². The van der Waals surface area contributed by atoms with Crippen molar-refractivity contribution in [3.63, 3.8) is 0 Å². The molecule has 7 nitrogen and oxygen atoms in total. The molecule has 0 saturated carbocycles. The number of aryl methyl sites for hydroxylation is 2. The minimum atomic E-state index is -0.515. The standard InChI is InChI=1S/C26H34N4O3S/c1-15-17-11-16(12-19(33-6)22(17)29(5)28-15)23(32)30-9-7-26(8-10-30)13-18(31)21-20(14-26)34-24(27-21)25(2,3)4/h11-12,18,31H,7-10,13-14H2,1-6H3. The molecule has 1 aromatic carbocycles. The smallest absolute Gasteiger partial charge is 0.254 e. The predicted molar refractivity (Wildman–Crippen MR) is 134 cm³/mol. The van der Waals surface area contributed by atoms with Gasteiger partial charge in [0.2, 0.25) is 0 Å². The molecule has 8 heteroatoms. The van der Waals surface area contributed by atoms with E-state index < -0.39 is 6.10 Å². The van der Waals surface area contributed by atoms with E-state index in [0.717, 1.165) is 53.0 Å². The molecular weight excluding hydrogens is 448 g/mol. The summed E-state index contributed by atoms with van der Waals surface area (Å²) in [5.41, 5.74) is 3.33. The molecule has 1 aliphatic heterocycles. The number of likely N-dealkylation sites (tertiary alicyclic amines) is 1. The van der Waals surface area contributed by atoms with Gasteiger partial charge in [0, 0.05) is 41.4 Å². The summed E-state index contributed by atoms with van der Waals surface area (Å²) in [5.74, 6) is 0.698. The summed E-state index contributed by atoms with van der Waals surface area (Å²) < 4.78 is 7.40. The molecule has 1 N–H and O–H groups in total. The van der Waals surface area contributed by atoms with E-state index >= 15 is 0 Å². The van der Waals surface area contributed by atoms with Crippen LogP contribution in [0.5, 0.6) is 5.75 Å². The van der Waals surface area contributed by atoms with Crippen LogP contribution < -0.4 is 4.74 Å². The average Bonchev–Trinajstić information content (AvgIpc) is 3.34. The minimum absolute atomic E-state index is 0.0144. The molecule has 5 rings (SSSR count). The number of hydrogen-bond donors (Lipinski definition) is 1. The van der Waals surface area contributed by atoms with Crippen molar-refractivity contribution in [3.05, 3.63) is 39.0 Å². The van der Waals surface area contributed by atoms with Gasteiger partial charge in [-0.05, 0) is 50.2 Å². The lowest BCUT2D eigenvalue weighted by Gasteiger charge is -2.45. The number of aliphatic hydroxyl groups excluding tert-OH is 1. The van der Waals surface area contributed by atoms with Crippen LogP contribution in [0.25, 0.3) is 10.9 Å². The molecule has 1 spiro atoms. The molecule has 182 valence electrons. The van der Waals surface area contributed by atoms with E-state index in [1.807, 2.05) is 31.0 Å². The molecule has 2 aromatic heterocycles. The Morgan fingerprint density at radius 2 is 1.97 bits per heavy atom. The Morgan fingerprint density at radius 1 is 1.26 bits per heavy atom. The minimum Gasteiger partial charge on any atom is -0.494 e. The third-order valence-electron chi connectivity index (χ3n) is 7.51.